The highest BCUT2D eigenvalue weighted by Gasteiger charge is 2.56. The second-order valence-electron chi connectivity index (χ2n) is 9.46. The molecule has 1 aromatic carbocycles. The van der Waals surface area contributed by atoms with Crippen molar-refractivity contribution in [2.45, 2.75) is 56.9 Å². The highest BCUT2D eigenvalue weighted by atomic mass is 16.7. The molecule has 4 amide bonds. The molecular weight excluding hydrogens is 426 g/mol. The van der Waals surface area contributed by atoms with Crippen LogP contribution in [0.1, 0.15) is 44.6 Å². The van der Waals surface area contributed by atoms with Crippen molar-refractivity contribution in [3.05, 3.63) is 29.8 Å². The Labute approximate surface area is 193 Å². The first-order valence-electron chi connectivity index (χ1n) is 11.8. The Morgan fingerprint density at radius 3 is 2.61 bits per heavy atom. The van der Waals surface area contributed by atoms with E-state index >= 15 is 0 Å². The van der Waals surface area contributed by atoms with Crippen LogP contribution in [-0.4, -0.2) is 71.9 Å². The largest absolute Gasteiger partial charge is 0.494 e. The van der Waals surface area contributed by atoms with Gasteiger partial charge in [-0.1, -0.05) is 12.1 Å². The maximum atomic E-state index is 13.3. The van der Waals surface area contributed by atoms with E-state index in [4.69, 9.17) is 14.2 Å². The lowest BCUT2D eigenvalue weighted by atomic mass is 9.78. The molecule has 178 valence electrons. The van der Waals surface area contributed by atoms with Crippen molar-refractivity contribution < 1.29 is 28.6 Å². The molecular formula is C24H31N3O6. The molecule has 1 aliphatic carbocycles. The van der Waals surface area contributed by atoms with E-state index in [-0.39, 0.29) is 30.3 Å². The van der Waals surface area contributed by atoms with Gasteiger partial charge in [0.2, 0.25) is 5.91 Å². The Morgan fingerprint density at radius 2 is 1.88 bits per heavy atom. The van der Waals surface area contributed by atoms with Gasteiger partial charge in [0.1, 0.15) is 11.3 Å². The number of nitrogens with one attached hydrogen (secondary N) is 1. The van der Waals surface area contributed by atoms with E-state index in [1.54, 1.807) is 4.90 Å². The molecule has 2 spiro atoms. The van der Waals surface area contributed by atoms with Crippen LogP contribution in [0.5, 0.6) is 5.75 Å². The van der Waals surface area contributed by atoms with Gasteiger partial charge in [0, 0.05) is 44.8 Å². The van der Waals surface area contributed by atoms with Gasteiger partial charge in [-0.05, 0) is 37.5 Å². The van der Waals surface area contributed by atoms with E-state index in [9.17, 15) is 14.4 Å². The van der Waals surface area contributed by atoms with Crippen molar-refractivity contribution in [1.29, 1.82) is 0 Å². The first-order chi connectivity index (χ1) is 15.9. The molecule has 4 fully saturated rings. The smallest absolute Gasteiger partial charge is 0.325 e. The average molecular weight is 458 g/mol. The number of ether oxygens (including phenoxy) is 3. The van der Waals surface area contributed by atoms with Crippen LogP contribution in [0.15, 0.2) is 24.3 Å². The molecule has 1 saturated carbocycles. The maximum absolute atomic E-state index is 13.3. The molecule has 0 aromatic heterocycles. The summed E-state index contributed by atoms with van der Waals surface area (Å²) in [5.74, 6) is -0.0321. The predicted molar refractivity (Wildman–Crippen MR) is 117 cm³/mol. The summed E-state index contributed by atoms with van der Waals surface area (Å²) in [6.07, 6.45) is 2.51. The molecule has 3 heterocycles. The predicted octanol–water partition coefficient (Wildman–Crippen LogP) is 2.04. The van der Waals surface area contributed by atoms with E-state index < -0.39 is 11.3 Å². The van der Waals surface area contributed by atoms with Gasteiger partial charge >= 0.3 is 6.03 Å². The van der Waals surface area contributed by atoms with Crippen molar-refractivity contribution in [2.75, 3.05) is 32.9 Å². The minimum Gasteiger partial charge on any atom is -0.494 e. The number of urea groups is 1. The summed E-state index contributed by atoms with van der Waals surface area (Å²) >= 11 is 0. The minimum absolute atomic E-state index is 0.0405. The zero-order chi connectivity index (χ0) is 23.1. The van der Waals surface area contributed by atoms with Crippen molar-refractivity contribution in [1.82, 2.24) is 15.1 Å². The van der Waals surface area contributed by atoms with Crippen molar-refractivity contribution in [3.63, 3.8) is 0 Å². The third-order valence-corrected chi connectivity index (χ3v) is 7.24. The van der Waals surface area contributed by atoms with Crippen LogP contribution in [0.2, 0.25) is 0 Å². The zero-order valence-corrected chi connectivity index (χ0v) is 19.0. The Bertz CT molecular complexity index is 934. The fourth-order valence-electron chi connectivity index (χ4n) is 5.53. The summed E-state index contributed by atoms with van der Waals surface area (Å²) in [6.45, 7) is 4.93. The SMILES string of the molecule is CCOc1cccc(CN2CC(CN3C(=O)NC4(CCC5(CC4)OCCO5)C3=O)CC2=O)c1. The van der Waals surface area contributed by atoms with Crippen LogP contribution in [0.4, 0.5) is 4.79 Å². The number of amides is 4. The van der Waals surface area contributed by atoms with Crippen LogP contribution in [0, 0.1) is 5.92 Å². The van der Waals surface area contributed by atoms with E-state index in [2.05, 4.69) is 5.32 Å². The number of carbonyl (C=O) groups is 3. The number of hydrogen-bond acceptors (Lipinski definition) is 6. The summed E-state index contributed by atoms with van der Waals surface area (Å²) in [5.41, 5.74) is 0.121. The van der Waals surface area contributed by atoms with Gasteiger partial charge in [-0.2, -0.15) is 0 Å². The average Bonchev–Trinajstić information content (AvgIpc) is 3.46. The molecule has 0 radical (unpaired) electrons. The lowest BCUT2D eigenvalue weighted by Gasteiger charge is -2.39. The molecule has 1 N–H and O–H groups in total. The second kappa shape index (κ2) is 8.61. The molecule has 1 unspecified atom stereocenters. The van der Waals surface area contributed by atoms with Gasteiger partial charge in [-0.15, -0.1) is 0 Å². The first-order valence-corrected chi connectivity index (χ1v) is 11.8. The monoisotopic (exact) mass is 457 g/mol. The second-order valence-corrected chi connectivity index (χ2v) is 9.46. The minimum atomic E-state index is -0.875. The number of likely N-dealkylation sites (tertiary alicyclic amines) is 1. The normalized spacial score (nSPS) is 26.0. The van der Waals surface area contributed by atoms with Crippen LogP contribution in [-0.2, 0) is 25.6 Å². The Morgan fingerprint density at radius 1 is 1.12 bits per heavy atom. The summed E-state index contributed by atoms with van der Waals surface area (Å²) in [6, 6.07) is 7.37. The molecule has 1 aromatic rings. The molecule has 3 aliphatic heterocycles. The number of imide groups is 1. The molecule has 5 rings (SSSR count). The quantitative estimate of drug-likeness (QED) is 0.657. The van der Waals surface area contributed by atoms with Gasteiger partial charge in [-0.3, -0.25) is 14.5 Å². The van der Waals surface area contributed by atoms with Gasteiger partial charge in [0.05, 0.1) is 19.8 Å². The van der Waals surface area contributed by atoms with Crippen molar-refractivity contribution >= 4 is 17.8 Å². The number of rotatable bonds is 6. The highest BCUT2D eigenvalue weighted by molar-refractivity contribution is 6.07. The summed E-state index contributed by atoms with van der Waals surface area (Å²) in [4.78, 5) is 41.8. The maximum Gasteiger partial charge on any atom is 0.325 e. The van der Waals surface area contributed by atoms with E-state index in [1.165, 1.54) is 4.90 Å². The summed E-state index contributed by atoms with van der Waals surface area (Å²) in [7, 11) is 0. The topological polar surface area (TPSA) is 97.4 Å². The number of nitrogens with zero attached hydrogens (tertiary/aromatic N) is 2. The summed E-state index contributed by atoms with van der Waals surface area (Å²) < 4.78 is 17.1. The van der Waals surface area contributed by atoms with Crippen molar-refractivity contribution in [3.8, 4) is 5.75 Å². The first kappa shape index (κ1) is 22.2. The lowest BCUT2D eigenvalue weighted by Crippen LogP contribution is -2.53. The molecule has 0 bridgehead atoms. The Balaban J connectivity index is 1.19. The lowest BCUT2D eigenvalue weighted by molar-refractivity contribution is -0.186. The van der Waals surface area contributed by atoms with Crippen LogP contribution in [0.3, 0.4) is 0 Å². The van der Waals surface area contributed by atoms with Crippen LogP contribution >= 0.6 is 0 Å². The standard InChI is InChI=1S/C24H31N3O6/c1-2-31-19-5-3-4-17(12-19)14-26-15-18(13-20(26)28)16-27-21(29)23(25-22(27)30)6-8-24(9-7-23)32-10-11-33-24/h3-5,12,18H,2,6-11,13-16H2,1H3,(H,25,30). The fraction of sp³-hybridized carbons (Fsp3) is 0.625. The third kappa shape index (κ3) is 4.19. The Hall–Kier alpha value is -2.65. The highest BCUT2D eigenvalue weighted by Crippen LogP contribution is 2.43. The third-order valence-electron chi connectivity index (χ3n) is 7.24. The molecule has 4 aliphatic rings. The fourth-order valence-corrected chi connectivity index (χ4v) is 5.53. The van der Waals surface area contributed by atoms with E-state index in [1.807, 2.05) is 31.2 Å². The van der Waals surface area contributed by atoms with Gasteiger partial charge < -0.3 is 24.4 Å². The van der Waals surface area contributed by atoms with Crippen LogP contribution < -0.4 is 10.1 Å². The number of carbonyl (C=O) groups excluding carboxylic acids is 3. The molecule has 9 nitrogen and oxygen atoms in total. The zero-order valence-electron chi connectivity index (χ0n) is 19.0. The van der Waals surface area contributed by atoms with Crippen LogP contribution in [0.25, 0.3) is 0 Å². The van der Waals surface area contributed by atoms with Gasteiger partial charge in [-0.25, -0.2) is 4.79 Å². The van der Waals surface area contributed by atoms with Gasteiger partial charge in [0.25, 0.3) is 5.91 Å². The number of hydrogen-bond donors (Lipinski definition) is 1. The van der Waals surface area contributed by atoms with Crippen molar-refractivity contribution in [2.24, 2.45) is 5.92 Å². The molecule has 9 heteroatoms. The molecule has 3 saturated heterocycles. The number of benzene rings is 1. The summed E-state index contributed by atoms with van der Waals surface area (Å²) in [5, 5.41) is 2.94. The van der Waals surface area contributed by atoms with Gasteiger partial charge in [0.15, 0.2) is 5.79 Å². The molecule has 1 atom stereocenters. The van der Waals surface area contributed by atoms with E-state index in [0.29, 0.717) is 65.0 Å². The molecule has 33 heavy (non-hydrogen) atoms. The van der Waals surface area contributed by atoms with E-state index in [0.717, 1.165) is 11.3 Å². The Kier molecular flexibility index (Phi) is 5.78.